The van der Waals surface area contributed by atoms with Crippen molar-refractivity contribution in [1.82, 2.24) is 5.32 Å². The largest absolute Gasteiger partial charge is 0.394 e. The van der Waals surface area contributed by atoms with Gasteiger partial charge in [-0.1, -0.05) is 52.0 Å². The Hall–Kier alpha value is -0.900. The van der Waals surface area contributed by atoms with Crippen LogP contribution in [0.1, 0.15) is 44.7 Å². The minimum atomic E-state index is -0.681. The molecule has 0 fully saturated rings. The Bertz CT molecular complexity index is 371. The number of hydrogen-bond acceptors (Lipinski definition) is 3. The van der Waals surface area contributed by atoms with Crippen LogP contribution in [-0.2, 0) is 5.41 Å². The van der Waals surface area contributed by atoms with Gasteiger partial charge < -0.3 is 15.5 Å². The SMILES string of the molecule is CC(C)c1ccc(C(C)(C)CNCC(O)CO)cc1. The predicted octanol–water partition coefficient (Wildman–Crippen LogP) is 2.03. The van der Waals surface area contributed by atoms with Crippen LogP contribution in [0.3, 0.4) is 0 Å². The van der Waals surface area contributed by atoms with Crippen molar-refractivity contribution in [2.75, 3.05) is 19.7 Å². The van der Waals surface area contributed by atoms with Crippen LogP contribution in [0, 0.1) is 0 Å². The quantitative estimate of drug-likeness (QED) is 0.707. The molecule has 19 heavy (non-hydrogen) atoms. The monoisotopic (exact) mass is 265 g/mol. The normalized spacial score (nSPS) is 13.8. The average molecular weight is 265 g/mol. The molecule has 0 aromatic heterocycles. The van der Waals surface area contributed by atoms with E-state index in [0.29, 0.717) is 12.5 Å². The van der Waals surface area contributed by atoms with Crippen molar-refractivity contribution in [2.24, 2.45) is 0 Å². The van der Waals surface area contributed by atoms with Crippen LogP contribution in [0.4, 0.5) is 0 Å². The summed E-state index contributed by atoms with van der Waals surface area (Å²) < 4.78 is 0. The Morgan fingerprint density at radius 1 is 1.16 bits per heavy atom. The number of benzene rings is 1. The molecule has 1 aromatic carbocycles. The second-order valence-corrected chi connectivity index (χ2v) is 6.13. The summed E-state index contributed by atoms with van der Waals surface area (Å²) in [6.45, 7) is 9.73. The third-order valence-electron chi connectivity index (χ3n) is 3.52. The van der Waals surface area contributed by atoms with Gasteiger partial charge in [-0.25, -0.2) is 0 Å². The highest BCUT2D eigenvalue weighted by atomic mass is 16.3. The minimum absolute atomic E-state index is 0.00465. The second-order valence-electron chi connectivity index (χ2n) is 6.13. The number of hydrogen-bond donors (Lipinski definition) is 3. The fourth-order valence-corrected chi connectivity index (χ4v) is 2.04. The zero-order chi connectivity index (χ0) is 14.5. The smallest absolute Gasteiger partial charge is 0.0894 e. The van der Waals surface area contributed by atoms with Gasteiger partial charge in [0.25, 0.3) is 0 Å². The molecule has 108 valence electrons. The minimum Gasteiger partial charge on any atom is -0.394 e. The van der Waals surface area contributed by atoms with Crippen LogP contribution >= 0.6 is 0 Å². The molecular weight excluding hydrogens is 238 g/mol. The predicted molar refractivity (Wildman–Crippen MR) is 79.5 cm³/mol. The van der Waals surface area contributed by atoms with E-state index in [-0.39, 0.29) is 12.0 Å². The highest BCUT2D eigenvalue weighted by Gasteiger charge is 2.20. The van der Waals surface area contributed by atoms with Crippen molar-refractivity contribution < 1.29 is 10.2 Å². The van der Waals surface area contributed by atoms with E-state index in [2.05, 4.69) is 57.3 Å². The van der Waals surface area contributed by atoms with Gasteiger partial charge in [-0.3, -0.25) is 0 Å². The molecule has 0 spiro atoms. The van der Waals surface area contributed by atoms with Gasteiger partial charge in [0.2, 0.25) is 0 Å². The van der Waals surface area contributed by atoms with Crippen LogP contribution in [0.5, 0.6) is 0 Å². The summed E-state index contributed by atoms with van der Waals surface area (Å²) in [5.41, 5.74) is 2.64. The van der Waals surface area contributed by atoms with Gasteiger partial charge >= 0.3 is 0 Å². The van der Waals surface area contributed by atoms with Crippen LogP contribution < -0.4 is 5.32 Å². The maximum atomic E-state index is 9.31. The van der Waals surface area contributed by atoms with Gasteiger partial charge in [-0.15, -0.1) is 0 Å². The number of nitrogens with one attached hydrogen (secondary N) is 1. The number of aliphatic hydroxyl groups excluding tert-OH is 2. The molecule has 0 heterocycles. The summed E-state index contributed by atoms with van der Waals surface area (Å²) in [5.74, 6) is 0.551. The van der Waals surface area contributed by atoms with E-state index in [1.165, 1.54) is 11.1 Å². The van der Waals surface area contributed by atoms with Crippen molar-refractivity contribution >= 4 is 0 Å². The summed E-state index contributed by atoms with van der Waals surface area (Å²) in [6.07, 6.45) is -0.681. The first-order valence-corrected chi connectivity index (χ1v) is 6.97. The van der Waals surface area contributed by atoms with Gasteiger partial charge in [-0.2, -0.15) is 0 Å². The van der Waals surface area contributed by atoms with Crippen molar-refractivity contribution in [1.29, 1.82) is 0 Å². The zero-order valence-corrected chi connectivity index (χ0v) is 12.5. The van der Waals surface area contributed by atoms with Crippen molar-refractivity contribution in [3.05, 3.63) is 35.4 Å². The molecule has 1 unspecified atom stereocenters. The Kier molecular flexibility index (Phi) is 5.98. The van der Waals surface area contributed by atoms with Gasteiger partial charge in [0.15, 0.2) is 0 Å². The third kappa shape index (κ3) is 4.94. The van der Waals surface area contributed by atoms with E-state index in [1.807, 2.05) is 0 Å². The molecule has 0 bridgehead atoms. The van der Waals surface area contributed by atoms with Crippen LogP contribution in [-0.4, -0.2) is 36.0 Å². The van der Waals surface area contributed by atoms with Crippen LogP contribution in [0.15, 0.2) is 24.3 Å². The molecule has 1 aromatic rings. The number of aliphatic hydroxyl groups is 2. The first-order valence-electron chi connectivity index (χ1n) is 6.97. The van der Waals surface area contributed by atoms with Crippen molar-refractivity contribution in [2.45, 2.75) is 45.1 Å². The second kappa shape index (κ2) is 7.04. The van der Waals surface area contributed by atoms with Crippen LogP contribution in [0.25, 0.3) is 0 Å². The molecule has 1 atom stereocenters. The lowest BCUT2D eigenvalue weighted by molar-refractivity contribution is 0.0934. The fourth-order valence-electron chi connectivity index (χ4n) is 2.04. The lowest BCUT2D eigenvalue weighted by atomic mass is 9.83. The summed E-state index contributed by atoms with van der Waals surface area (Å²) in [4.78, 5) is 0. The van der Waals surface area contributed by atoms with Gasteiger partial charge in [0.1, 0.15) is 0 Å². The summed E-state index contributed by atoms with van der Waals surface area (Å²) in [5, 5.41) is 21.3. The van der Waals surface area contributed by atoms with Crippen molar-refractivity contribution in [3.8, 4) is 0 Å². The molecule has 3 heteroatoms. The molecule has 0 aliphatic heterocycles. The van der Waals surface area contributed by atoms with E-state index >= 15 is 0 Å². The van der Waals surface area contributed by atoms with E-state index in [4.69, 9.17) is 5.11 Å². The van der Waals surface area contributed by atoms with Gasteiger partial charge in [0.05, 0.1) is 12.7 Å². The summed E-state index contributed by atoms with van der Waals surface area (Å²) in [6, 6.07) is 8.73. The van der Waals surface area contributed by atoms with E-state index in [9.17, 15) is 5.11 Å². The standard InChI is InChI=1S/C16H27NO2/c1-12(2)13-5-7-14(8-6-13)16(3,4)11-17-9-15(19)10-18/h5-8,12,15,17-19H,9-11H2,1-4H3. The third-order valence-corrected chi connectivity index (χ3v) is 3.52. The Morgan fingerprint density at radius 3 is 2.21 bits per heavy atom. The molecule has 1 rings (SSSR count). The van der Waals surface area contributed by atoms with Crippen molar-refractivity contribution in [3.63, 3.8) is 0 Å². The lowest BCUT2D eigenvalue weighted by Crippen LogP contribution is -2.38. The van der Waals surface area contributed by atoms with Gasteiger partial charge in [-0.05, 0) is 17.0 Å². The maximum Gasteiger partial charge on any atom is 0.0894 e. The summed E-state index contributed by atoms with van der Waals surface area (Å²) in [7, 11) is 0. The highest BCUT2D eigenvalue weighted by Crippen LogP contribution is 2.24. The maximum absolute atomic E-state index is 9.31. The summed E-state index contributed by atoms with van der Waals surface area (Å²) >= 11 is 0. The van der Waals surface area contributed by atoms with Gasteiger partial charge in [0, 0.05) is 18.5 Å². The molecule has 0 aliphatic rings. The highest BCUT2D eigenvalue weighted by molar-refractivity contribution is 5.29. The molecule has 3 N–H and O–H groups in total. The topological polar surface area (TPSA) is 52.5 Å². The molecule has 0 saturated carbocycles. The first kappa shape index (κ1) is 16.2. The number of rotatable bonds is 7. The van der Waals surface area contributed by atoms with E-state index in [1.54, 1.807) is 0 Å². The molecule has 0 amide bonds. The molecule has 0 radical (unpaired) electrons. The average Bonchev–Trinajstić information content (AvgIpc) is 2.38. The lowest BCUT2D eigenvalue weighted by Gasteiger charge is -2.26. The van der Waals surface area contributed by atoms with E-state index in [0.717, 1.165) is 6.54 Å². The molecular formula is C16H27NO2. The molecule has 3 nitrogen and oxygen atoms in total. The fraction of sp³-hybridized carbons (Fsp3) is 0.625. The molecule has 0 aliphatic carbocycles. The Morgan fingerprint density at radius 2 is 1.74 bits per heavy atom. The first-order chi connectivity index (χ1) is 8.86. The van der Waals surface area contributed by atoms with E-state index < -0.39 is 6.10 Å². The zero-order valence-electron chi connectivity index (χ0n) is 12.5. The van der Waals surface area contributed by atoms with Crippen LogP contribution in [0.2, 0.25) is 0 Å². The Balaban J connectivity index is 2.61. The molecule has 0 saturated heterocycles. The Labute approximate surface area is 116 Å².